The molecule has 96 valence electrons. The molecule has 7 nitrogen and oxygen atoms in total. The van der Waals surface area contributed by atoms with Gasteiger partial charge in [-0.2, -0.15) is 5.10 Å². The molecule has 0 saturated heterocycles. The Balaban J connectivity index is 2.20. The normalized spacial score (nSPS) is 17.7. The van der Waals surface area contributed by atoms with Crippen molar-refractivity contribution in [1.82, 2.24) is 9.78 Å². The lowest BCUT2D eigenvalue weighted by molar-refractivity contribution is -0.144. The number of carbonyl (C=O) groups excluding carboxylic acids is 1. The van der Waals surface area contributed by atoms with E-state index in [2.05, 4.69) is 15.1 Å². The number of rotatable bonds is 4. The summed E-state index contributed by atoms with van der Waals surface area (Å²) in [5, 5.41) is 7.95. The fourth-order valence-corrected chi connectivity index (χ4v) is 2.24. The summed E-state index contributed by atoms with van der Waals surface area (Å²) in [4.78, 5) is 14.3. The molecule has 1 atom stereocenters. The zero-order valence-corrected chi connectivity index (χ0v) is 10.2. The zero-order chi connectivity index (χ0) is 13.0. The Hall–Kier alpha value is -2.01. The van der Waals surface area contributed by atoms with Crippen molar-refractivity contribution in [2.75, 3.05) is 6.61 Å². The molecule has 18 heavy (non-hydrogen) atoms. The summed E-state index contributed by atoms with van der Waals surface area (Å²) < 4.78 is 6.54. The first-order valence-electron chi connectivity index (χ1n) is 6.00. The maximum absolute atomic E-state index is 11.4. The third kappa shape index (κ3) is 2.46. The molecule has 0 N–H and O–H groups in total. The average Bonchev–Trinajstić information content (AvgIpc) is 2.74. The van der Waals surface area contributed by atoms with E-state index in [4.69, 9.17) is 10.3 Å². The maximum atomic E-state index is 11.4. The second-order valence-electron chi connectivity index (χ2n) is 4.12. The predicted octanol–water partition coefficient (Wildman–Crippen LogP) is 2.13. The maximum Gasteiger partial charge on any atom is 0.327 e. The van der Waals surface area contributed by atoms with Crippen molar-refractivity contribution < 1.29 is 9.53 Å². The Labute approximate surface area is 104 Å². The van der Waals surface area contributed by atoms with Crippen LogP contribution in [0.4, 0.5) is 0 Å². The molecule has 0 bridgehead atoms. The molecule has 1 aromatic rings. The number of nitrogens with zero attached hydrogens (tertiary/aromatic N) is 5. The molecular weight excluding hydrogens is 234 g/mol. The van der Waals surface area contributed by atoms with Crippen LogP contribution in [0.5, 0.6) is 0 Å². The van der Waals surface area contributed by atoms with Gasteiger partial charge in [-0.3, -0.25) is 9.48 Å². The molecule has 1 heterocycles. The van der Waals surface area contributed by atoms with Crippen molar-refractivity contribution in [3.63, 3.8) is 0 Å². The minimum absolute atomic E-state index is 0.117. The predicted molar refractivity (Wildman–Crippen MR) is 63.7 cm³/mol. The van der Waals surface area contributed by atoms with Crippen LogP contribution in [-0.2, 0) is 22.5 Å². The van der Waals surface area contributed by atoms with Gasteiger partial charge in [-0.25, -0.2) is 0 Å². The van der Waals surface area contributed by atoms with Crippen LogP contribution >= 0.6 is 0 Å². The van der Waals surface area contributed by atoms with E-state index < -0.39 is 0 Å². The first kappa shape index (κ1) is 12.4. The number of hydrogen-bond acceptors (Lipinski definition) is 4. The van der Waals surface area contributed by atoms with Gasteiger partial charge in [0.15, 0.2) is 0 Å². The Morgan fingerprint density at radius 1 is 1.78 bits per heavy atom. The summed E-state index contributed by atoms with van der Waals surface area (Å²) in [5.74, 6) is -0.297. The first-order chi connectivity index (χ1) is 8.76. The Morgan fingerprint density at radius 2 is 2.61 bits per heavy atom. The molecule has 1 aliphatic carbocycles. The van der Waals surface area contributed by atoms with Crippen LogP contribution < -0.4 is 0 Å². The van der Waals surface area contributed by atoms with E-state index >= 15 is 0 Å². The van der Waals surface area contributed by atoms with Crippen LogP contribution in [0.2, 0.25) is 0 Å². The number of fused-ring (bicyclic) bond motifs is 1. The van der Waals surface area contributed by atoms with Crippen LogP contribution in [0.3, 0.4) is 0 Å². The second kappa shape index (κ2) is 5.55. The van der Waals surface area contributed by atoms with Crippen LogP contribution in [0, 0.1) is 0 Å². The van der Waals surface area contributed by atoms with Gasteiger partial charge >= 0.3 is 5.97 Å². The molecule has 0 aliphatic heterocycles. The molecular formula is C11H15N5O2. The molecule has 1 aromatic heterocycles. The zero-order valence-electron chi connectivity index (χ0n) is 10.2. The number of azide groups is 1. The highest BCUT2D eigenvalue weighted by molar-refractivity contribution is 5.69. The van der Waals surface area contributed by atoms with E-state index in [1.807, 2.05) is 0 Å². The Bertz CT molecular complexity index is 490. The van der Waals surface area contributed by atoms with Gasteiger partial charge in [0.2, 0.25) is 0 Å². The van der Waals surface area contributed by atoms with Gasteiger partial charge in [0.1, 0.15) is 6.54 Å². The van der Waals surface area contributed by atoms with Gasteiger partial charge in [-0.05, 0) is 31.7 Å². The molecule has 0 fully saturated rings. The minimum Gasteiger partial charge on any atom is -0.465 e. The largest absolute Gasteiger partial charge is 0.465 e. The van der Waals surface area contributed by atoms with E-state index in [9.17, 15) is 4.79 Å². The van der Waals surface area contributed by atoms with Gasteiger partial charge in [0, 0.05) is 16.2 Å². The molecule has 0 aromatic carbocycles. The highest BCUT2D eigenvalue weighted by Gasteiger charge is 2.24. The van der Waals surface area contributed by atoms with Gasteiger partial charge in [-0.1, -0.05) is 5.11 Å². The quantitative estimate of drug-likeness (QED) is 0.354. The summed E-state index contributed by atoms with van der Waals surface area (Å²) >= 11 is 0. The van der Waals surface area contributed by atoms with E-state index in [1.165, 1.54) is 0 Å². The lowest BCUT2D eigenvalue weighted by Crippen LogP contribution is -2.18. The number of aromatic nitrogens is 2. The first-order valence-corrected chi connectivity index (χ1v) is 6.00. The van der Waals surface area contributed by atoms with Crippen LogP contribution in [0.1, 0.15) is 37.1 Å². The number of ether oxygens (including phenoxy) is 1. The lowest BCUT2D eigenvalue weighted by Gasteiger charge is -2.18. The number of hydrogen-bond donors (Lipinski definition) is 0. The van der Waals surface area contributed by atoms with E-state index in [0.717, 1.165) is 30.5 Å². The van der Waals surface area contributed by atoms with E-state index in [1.54, 1.807) is 17.8 Å². The summed E-state index contributed by atoms with van der Waals surface area (Å²) in [6.07, 6.45) is 4.31. The second-order valence-corrected chi connectivity index (χ2v) is 4.12. The molecule has 0 amide bonds. The molecule has 2 rings (SSSR count). The summed E-state index contributed by atoms with van der Waals surface area (Å²) in [6.45, 7) is 2.25. The van der Waals surface area contributed by atoms with Crippen molar-refractivity contribution in [3.8, 4) is 0 Å². The summed E-state index contributed by atoms with van der Waals surface area (Å²) in [7, 11) is 0. The fraction of sp³-hybridized carbons (Fsp3) is 0.636. The molecule has 0 spiro atoms. The Kier molecular flexibility index (Phi) is 3.84. The Morgan fingerprint density at radius 3 is 3.33 bits per heavy atom. The van der Waals surface area contributed by atoms with Crippen LogP contribution in [0.15, 0.2) is 11.3 Å². The lowest BCUT2D eigenvalue weighted by atomic mass is 9.94. The highest BCUT2D eigenvalue weighted by Crippen LogP contribution is 2.32. The van der Waals surface area contributed by atoms with Crippen molar-refractivity contribution >= 4 is 5.97 Å². The van der Waals surface area contributed by atoms with Crippen LogP contribution in [-0.4, -0.2) is 22.4 Å². The van der Waals surface area contributed by atoms with Crippen molar-refractivity contribution in [2.24, 2.45) is 5.11 Å². The van der Waals surface area contributed by atoms with Gasteiger partial charge in [-0.15, -0.1) is 0 Å². The van der Waals surface area contributed by atoms with Gasteiger partial charge in [0.25, 0.3) is 0 Å². The van der Waals surface area contributed by atoms with Crippen LogP contribution in [0.25, 0.3) is 10.4 Å². The molecule has 0 radical (unpaired) electrons. The number of esters is 1. The van der Waals surface area contributed by atoms with Gasteiger partial charge < -0.3 is 4.74 Å². The smallest absolute Gasteiger partial charge is 0.327 e. The molecule has 1 aliphatic rings. The SMILES string of the molecule is CCOC(=O)Cn1ncc2c1CCC[C@H]2N=[N+]=[N-]. The third-order valence-electron chi connectivity index (χ3n) is 3.01. The highest BCUT2D eigenvalue weighted by atomic mass is 16.5. The van der Waals surface area contributed by atoms with Crippen molar-refractivity contribution in [3.05, 3.63) is 27.9 Å². The molecule has 7 heteroatoms. The average molecular weight is 249 g/mol. The summed E-state index contributed by atoms with van der Waals surface area (Å²) in [5.41, 5.74) is 10.4. The topological polar surface area (TPSA) is 92.9 Å². The third-order valence-corrected chi connectivity index (χ3v) is 3.01. The van der Waals surface area contributed by atoms with E-state index in [-0.39, 0.29) is 18.6 Å². The number of carbonyl (C=O) groups is 1. The standard InChI is InChI=1S/C11H15N5O2/c1-2-18-11(17)7-16-10-5-3-4-9(14-15-12)8(10)6-13-16/h6,9H,2-5,7H2,1H3/t9-/m1/s1. The summed E-state index contributed by atoms with van der Waals surface area (Å²) in [6, 6.07) is -0.158. The minimum atomic E-state index is -0.297. The van der Waals surface area contributed by atoms with Crippen molar-refractivity contribution in [2.45, 2.75) is 38.8 Å². The monoisotopic (exact) mass is 249 g/mol. The molecule has 0 saturated carbocycles. The molecule has 0 unspecified atom stereocenters. The van der Waals surface area contributed by atoms with Crippen molar-refractivity contribution in [1.29, 1.82) is 0 Å². The van der Waals surface area contributed by atoms with Gasteiger partial charge in [0.05, 0.1) is 18.8 Å². The fourth-order valence-electron chi connectivity index (χ4n) is 2.24. The van der Waals surface area contributed by atoms with E-state index in [0.29, 0.717) is 6.61 Å².